The Kier molecular flexibility index (Phi) is 7.00. The predicted molar refractivity (Wildman–Crippen MR) is 118 cm³/mol. The number of nitrogens with zero attached hydrogens (tertiary/aromatic N) is 3. The van der Waals surface area contributed by atoms with Gasteiger partial charge in [0.1, 0.15) is 11.8 Å². The molecule has 4 rings (SSSR count). The van der Waals surface area contributed by atoms with Crippen molar-refractivity contribution in [2.75, 3.05) is 4.90 Å². The second kappa shape index (κ2) is 9.80. The van der Waals surface area contributed by atoms with Gasteiger partial charge < -0.3 is 9.64 Å². The molecule has 2 atom stereocenters. The molecule has 2 heterocycles. The summed E-state index contributed by atoms with van der Waals surface area (Å²) in [5, 5.41) is 9.73. The van der Waals surface area contributed by atoms with Crippen molar-refractivity contribution in [3.05, 3.63) is 53.9 Å². The van der Waals surface area contributed by atoms with E-state index < -0.39 is 24.9 Å². The van der Waals surface area contributed by atoms with Crippen LogP contribution in [-0.2, 0) is 0 Å². The summed E-state index contributed by atoms with van der Waals surface area (Å²) in [6.07, 6.45) is 1.73. The molecule has 2 aliphatic rings. The summed E-state index contributed by atoms with van der Waals surface area (Å²) in [6, 6.07) is 8.07. The first-order valence-corrected chi connectivity index (χ1v) is 11.4. The predicted octanol–water partition coefficient (Wildman–Crippen LogP) is 6.25. The average Bonchev–Trinajstić information content (AvgIpc) is 2.75. The van der Waals surface area contributed by atoms with Crippen LogP contribution in [0.2, 0.25) is 0 Å². The van der Waals surface area contributed by atoms with Crippen molar-refractivity contribution in [1.29, 1.82) is 5.26 Å². The number of alkyl halides is 5. The van der Waals surface area contributed by atoms with Gasteiger partial charge in [0.05, 0.1) is 29.1 Å². The maximum absolute atomic E-state index is 12.8. The van der Waals surface area contributed by atoms with Gasteiger partial charge in [-0.05, 0) is 68.5 Å². The van der Waals surface area contributed by atoms with E-state index in [2.05, 4.69) is 25.4 Å². The summed E-state index contributed by atoms with van der Waals surface area (Å²) in [5.41, 5.74) is 2.23. The average molecular weight is 497 g/mol. The monoisotopic (exact) mass is 496 g/mol. The lowest BCUT2D eigenvalue weighted by atomic mass is 9.85. The van der Waals surface area contributed by atoms with Gasteiger partial charge in [-0.25, -0.2) is 4.72 Å². The number of hydrogen-bond donors (Lipinski definition) is 1. The van der Waals surface area contributed by atoms with Gasteiger partial charge >= 0.3 is 12.8 Å². The highest BCUT2D eigenvalue weighted by Gasteiger charge is 2.37. The number of nitriles is 1. The van der Waals surface area contributed by atoms with Crippen molar-refractivity contribution in [2.45, 2.75) is 62.0 Å². The Hall–Kier alpha value is -2.84. The molecule has 1 fully saturated rings. The summed E-state index contributed by atoms with van der Waals surface area (Å²) >= 11 is 0.833. The van der Waals surface area contributed by atoms with Crippen LogP contribution < -0.4 is 14.4 Å². The number of fused-ring (bicyclic) bond motifs is 1. The zero-order chi connectivity index (χ0) is 24.5. The van der Waals surface area contributed by atoms with Crippen LogP contribution in [0.15, 0.2) is 47.5 Å². The maximum Gasteiger partial charge on any atom is 0.404 e. The first-order chi connectivity index (χ1) is 16.2. The van der Waals surface area contributed by atoms with Gasteiger partial charge in [-0.3, -0.25) is 4.98 Å². The Morgan fingerprint density at radius 2 is 2.00 bits per heavy atom. The molecule has 1 saturated carbocycles. The lowest BCUT2D eigenvalue weighted by Crippen LogP contribution is -2.44. The van der Waals surface area contributed by atoms with Crippen LogP contribution in [0.25, 0.3) is 5.57 Å². The van der Waals surface area contributed by atoms with E-state index in [0.717, 1.165) is 38.1 Å². The molecule has 0 amide bonds. The van der Waals surface area contributed by atoms with E-state index >= 15 is 0 Å². The van der Waals surface area contributed by atoms with Gasteiger partial charge in [0.15, 0.2) is 0 Å². The molecule has 1 aromatic carbocycles. The van der Waals surface area contributed by atoms with Gasteiger partial charge in [0.2, 0.25) is 0 Å². The van der Waals surface area contributed by atoms with Gasteiger partial charge in [0, 0.05) is 28.8 Å². The molecule has 1 N–H and O–H groups in total. The Morgan fingerprint density at radius 3 is 2.56 bits per heavy atom. The molecular weight excluding hydrogens is 475 g/mol. The zero-order valence-electron chi connectivity index (χ0n) is 18.0. The first kappa shape index (κ1) is 24.3. The van der Waals surface area contributed by atoms with Crippen LogP contribution in [0, 0.1) is 11.3 Å². The number of anilines is 1. The SMILES string of the molecule is C[C@H](NSc1ccc(C2C=C(C#N)c3ccc(OC(F)F)cc3N2C2CCC2)nc1)C(F)(F)F. The lowest BCUT2D eigenvalue weighted by molar-refractivity contribution is -0.146. The number of benzene rings is 1. The molecule has 0 spiro atoms. The van der Waals surface area contributed by atoms with Crippen LogP contribution in [0.4, 0.5) is 27.6 Å². The van der Waals surface area contributed by atoms with Gasteiger partial charge in [-0.15, -0.1) is 0 Å². The Balaban J connectivity index is 1.64. The number of hydrogen-bond acceptors (Lipinski definition) is 6. The summed E-state index contributed by atoms with van der Waals surface area (Å²) in [5.74, 6) is 0.000536. The minimum Gasteiger partial charge on any atom is -0.435 e. The largest absolute Gasteiger partial charge is 0.435 e. The van der Waals surface area contributed by atoms with Crippen LogP contribution in [0.5, 0.6) is 5.75 Å². The molecule has 0 saturated heterocycles. The van der Waals surface area contributed by atoms with E-state index in [1.54, 1.807) is 24.3 Å². The lowest BCUT2D eigenvalue weighted by Gasteiger charge is -2.45. The summed E-state index contributed by atoms with van der Waals surface area (Å²) in [4.78, 5) is 7.03. The molecule has 1 aliphatic heterocycles. The number of pyridine rings is 1. The highest BCUT2D eigenvalue weighted by atomic mass is 32.2. The summed E-state index contributed by atoms with van der Waals surface area (Å²) in [7, 11) is 0. The van der Waals surface area contributed by atoms with Gasteiger partial charge in [-0.2, -0.15) is 27.2 Å². The van der Waals surface area contributed by atoms with E-state index in [-0.39, 0.29) is 11.8 Å². The number of ether oxygens (including phenoxy) is 1. The fourth-order valence-corrected chi connectivity index (χ4v) is 4.56. The Bertz CT molecular complexity index is 1100. The van der Waals surface area contributed by atoms with Crippen molar-refractivity contribution in [3.8, 4) is 11.8 Å². The van der Waals surface area contributed by atoms with Crippen LogP contribution in [-0.4, -0.2) is 29.9 Å². The highest BCUT2D eigenvalue weighted by molar-refractivity contribution is 7.97. The fraction of sp³-hybridized carbons (Fsp3) is 0.391. The second-order valence-electron chi connectivity index (χ2n) is 8.09. The summed E-state index contributed by atoms with van der Waals surface area (Å²) < 4.78 is 70.7. The molecule has 180 valence electrons. The van der Waals surface area contributed by atoms with Crippen molar-refractivity contribution in [3.63, 3.8) is 0 Å². The number of halogens is 5. The van der Waals surface area contributed by atoms with Gasteiger partial charge in [0.25, 0.3) is 0 Å². The van der Waals surface area contributed by atoms with Crippen molar-refractivity contribution in [2.24, 2.45) is 0 Å². The highest BCUT2D eigenvalue weighted by Crippen LogP contribution is 2.46. The normalized spacial score (nSPS) is 19.2. The molecular formula is C23H21F5N4OS. The minimum atomic E-state index is -4.36. The van der Waals surface area contributed by atoms with E-state index in [4.69, 9.17) is 0 Å². The van der Waals surface area contributed by atoms with Crippen LogP contribution in [0.1, 0.15) is 43.5 Å². The van der Waals surface area contributed by atoms with E-state index in [0.29, 0.717) is 27.4 Å². The minimum absolute atomic E-state index is 0.000536. The molecule has 2 aromatic rings. The number of allylic oxidation sites excluding steroid dienone is 1. The van der Waals surface area contributed by atoms with E-state index in [9.17, 15) is 27.2 Å². The molecule has 0 bridgehead atoms. The third-order valence-electron chi connectivity index (χ3n) is 5.88. The maximum atomic E-state index is 12.8. The number of nitrogens with one attached hydrogen (secondary N) is 1. The number of rotatable bonds is 7. The molecule has 11 heteroatoms. The molecule has 5 nitrogen and oxygen atoms in total. The quantitative estimate of drug-likeness (QED) is 0.361. The molecule has 1 unspecified atom stereocenters. The smallest absolute Gasteiger partial charge is 0.404 e. The van der Waals surface area contributed by atoms with E-state index in [1.807, 2.05) is 0 Å². The standard InChI is InChI=1S/C23H21F5N4OS/c1-13(23(26,27)28)31-34-17-6-8-19(30-12-17)21-9-14(11-29)18-7-5-16(33-22(24)25)10-20(18)32(21)15-3-2-4-15/h5-10,12-13,15,21-22,31H,2-4H2,1H3/t13-,21?/m0/s1. The molecule has 0 radical (unpaired) electrons. The second-order valence-corrected chi connectivity index (χ2v) is 9.00. The van der Waals surface area contributed by atoms with E-state index in [1.165, 1.54) is 18.3 Å². The fourth-order valence-electron chi connectivity index (χ4n) is 3.87. The van der Waals surface area contributed by atoms with Crippen molar-refractivity contribution < 1.29 is 26.7 Å². The van der Waals surface area contributed by atoms with Crippen molar-refractivity contribution in [1.82, 2.24) is 9.71 Å². The topological polar surface area (TPSA) is 61.2 Å². The third kappa shape index (κ3) is 5.13. The third-order valence-corrected chi connectivity index (χ3v) is 6.83. The Labute approximate surface area is 197 Å². The molecule has 34 heavy (non-hydrogen) atoms. The number of aromatic nitrogens is 1. The summed E-state index contributed by atoms with van der Waals surface area (Å²) in [6.45, 7) is -1.94. The van der Waals surface area contributed by atoms with Crippen LogP contribution in [0.3, 0.4) is 0 Å². The van der Waals surface area contributed by atoms with Crippen LogP contribution >= 0.6 is 11.9 Å². The molecule has 1 aliphatic carbocycles. The zero-order valence-corrected chi connectivity index (χ0v) is 18.8. The van der Waals surface area contributed by atoms with Crippen molar-refractivity contribution >= 4 is 23.2 Å². The van der Waals surface area contributed by atoms with Gasteiger partial charge in [-0.1, -0.05) is 0 Å². The Morgan fingerprint density at radius 1 is 1.24 bits per heavy atom. The molecule has 1 aromatic heterocycles. The first-order valence-electron chi connectivity index (χ1n) is 10.6.